The number of ether oxygens (including phenoxy) is 1. The Morgan fingerprint density at radius 2 is 2.19 bits per heavy atom. The minimum Gasteiger partial charge on any atom is -0.376 e. The molecule has 0 radical (unpaired) electrons. The Balaban J connectivity index is 2.25. The van der Waals surface area contributed by atoms with E-state index in [1.54, 1.807) is 0 Å². The van der Waals surface area contributed by atoms with Gasteiger partial charge in [-0.3, -0.25) is 0 Å². The van der Waals surface area contributed by atoms with Gasteiger partial charge >= 0.3 is 0 Å². The lowest BCUT2D eigenvalue weighted by molar-refractivity contribution is 0.0927. The summed E-state index contributed by atoms with van der Waals surface area (Å²) in [5, 5.41) is 0. The Morgan fingerprint density at radius 1 is 1.44 bits per heavy atom. The molecular weight excluding hydrogens is 278 g/mol. The molecule has 1 fully saturated rings. The number of alkyl halides is 1. The SMILES string of the molecule is CC1CCOC1C(Br)c1cc(F)ccc1F. The number of rotatable bonds is 2. The molecule has 1 saturated heterocycles. The maximum atomic E-state index is 13.5. The monoisotopic (exact) mass is 290 g/mol. The van der Waals surface area contributed by atoms with E-state index in [1.165, 1.54) is 6.07 Å². The van der Waals surface area contributed by atoms with Crippen molar-refractivity contribution >= 4 is 15.9 Å². The molecule has 3 unspecified atom stereocenters. The van der Waals surface area contributed by atoms with Crippen molar-refractivity contribution in [1.29, 1.82) is 0 Å². The Morgan fingerprint density at radius 3 is 2.81 bits per heavy atom. The minimum atomic E-state index is -0.425. The van der Waals surface area contributed by atoms with Crippen LogP contribution in [-0.2, 0) is 4.74 Å². The summed E-state index contributed by atoms with van der Waals surface area (Å²) in [6.07, 6.45) is 0.875. The van der Waals surface area contributed by atoms with Gasteiger partial charge in [-0.2, -0.15) is 0 Å². The van der Waals surface area contributed by atoms with E-state index in [4.69, 9.17) is 4.74 Å². The fraction of sp³-hybridized carbons (Fsp3) is 0.500. The summed E-state index contributed by atoms with van der Waals surface area (Å²) in [5.41, 5.74) is 0.332. The van der Waals surface area contributed by atoms with Crippen molar-refractivity contribution in [3.05, 3.63) is 35.4 Å². The molecular formula is C12H13BrF2O. The summed E-state index contributed by atoms with van der Waals surface area (Å²) in [6.45, 7) is 2.74. The zero-order valence-electron chi connectivity index (χ0n) is 8.92. The number of halogens is 3. The zero-order valence-corrected chi connectivity index (χ0v) is 10.5. The lowest BCUT2D eigenvalue weighted by Crippen LogP contribution is -2.20. The maximum Gasteiger partial charge on any atom is 0.127 e. The second-order valence-electron chi connectivity index (χ2n) is 4.17. The molecule has 0 aliphatic carbocycles. The van der Waals surface area contributed by atoms with E-state index in [1.807, 2.05) is 0 Å². The average molecular weight is 291 g/mol. The van der Waals surface area contributed by atoms with Gasteiger partial charge in [0.15, 0.2) is 0 Å². The second kappa shape index (κ2) is 4.80. The van der Waals surface area contributed by atoms with Crippen LogP contribution in [0.2, 0.25) is 0 Å². The molecule has 88 valence electrons. The van der Waals surface area contributed by atoms with Gasteiger partial charge in [-0.05, 0) is 30.5 Å². The molecule has 3 atom stereocenters. The average Bonchev–Trinajstić information content (AvgIpc) is 2.67. The van der Waals surface area contributed by atoms with Gasteiger partial charge < -0.3 is 4.74 Å². The Kier molecular flexibility index (Phi) is 3.60. The summed E-state index contributed by atoms with van der Waals surface area (Å²) < 4.78 is 32.2. The van der Waals surface area contributed by atoms with Crippen LogP contribution in [0, 0.1) is 17.6 Å². The van der Waals surface area contributed by atoms with Crippen LogP contribution < -0.4 is 0 Å². The van der Waals surface area contributed by atoms with Gasteiger partial charge in [0.05, 0.1) is 10.9 Å². The van der Waals surface area contributed by atoms with Gasteiger partial charge in [-0.25, -0.2) is 8.78 Å². The van der Waals surface area contributed by atoms with E-state index in [9.17, 15) is 8.78 Å². The summed E-state index contributed by atoms with van der Waals surface area (Å²) in [5.74, 6) is -0.468. The predicted molar refractivity (Wildman–Crippen MR) is 61.5 cm³/mol. The first-order chi connectivity index (χ1) is 7.59. The molecule has 16 heavy (non-hydrogen) atoms. The minimum absolute atomic E-state index is 0.0868. The third-order valence-corrected chi connectivity index (χ3v) is 4.00. The highest BCUT2D eigenvalue weighted by Crippen LogP contribution is 2.38. The first kappa shape index (κ1) is 12.0. The van der Waals surface area contributed by atoms with Crippen LogP contribution in [0.3, 0.4) is 0 Å². The molecule has 0 saturated carbocycles. The van der Waals surface area contributed by atoms with Gasteiger partial charge in [-0.1, -0.05) is 22.9 Å². The van der Waals surface area contributed by atoms with Crippen molar-refractivity contribution in [3.8, 4) is 0 Å². The highest BCUT2D eigenvalue weighted by atomic mass is 79.9. The summed E-state index contributed by atoms with van der Waals surface area (Å²) in [6, 6.07) is 3.50. The molecule has 1 aliphatic heterocycles. The van der Waals surface area contributed by atoms with Crippen LogP contribution in [0.5, 0.6) is 0 Å². The van der Waals surface area contributed by atoms with Crippen molar-refractivity contribution in [2.45, 2.75) is 24.3 Å². The molecule has 4 heteroatoms. The second-order valence-corrected chi connectivity index (χ2v) is 5.16. The number of benzene rings is 1. The van der Waals surface area contributed by atoms with Crippen molar-refractivity contribution in [2.75, 3.05) is 6.61 Å². The van der Waals surface area contributed by atoms with E-state index in [2.05, 4.69) is 22.9 Å². The van der Waals surface area contributed by atoms with Crippen LogP contribution in [0.1, 0.15) is 23.7 Å². The first-order valence-electron chi connectivity index (χ1n) is 5.30. The fourth-order valence-corrected chi connectivity index (χ4v) is 3.02. The number of hydrogen-bond acceptors (Lipinski definition) is 1. The maximum absolute atomic E-state index is 13.5. The normalized spacial score (nSPS) is 27.0. The van der Waals surface area contributed by atoms with Gasteiger partial charge in [-0.15, -0.1) is 0 Å². The Bertz CT molecular complexity index is 383. The molecule has 1 aliphatic rings. The van der Waals surface area contributed by atoms with E-state index in [-0.39, 0.29) is 10.9 Å². The van der Waals surface area contributed by atoms with E-state index in [0.717, 1.165) is 18.6 Å². The molecule has 1 aromatic rings. The topological polar surface area (TPSA) is 9.23 Å². The van der Waals surface area contributed by atoms with Crippen molar-refractivity contribution in [1.82, 2.24) is 0 Å². The van der Waals surface area contributed by atoms with Gasteiger partial charge in [0.25, 0.3) is 0 Å². The zero-order chi connectivity index (χ0) is 11.7. The molecule has 1 aromatic carbocycles. The van der Waals surface area contributed by atoms with Crippen LogP contribution in [0.15, 0.2) is 18.2 Å². The molecule has 0 bridgehead atoms. The molecule has 0 N–H and O–H groups in total. The molecule has 1 nitrogen and oxygen atoms in total. The molecule has 0 aromatic heterocycles. The lowest BCUT2D eigenvalue weighted by atomic mass is 9.97. The van der Waals surface area contributed by atoms with Gasteiger partial charge in [0, 0.05) is 12.2 Å². The van der Waals surface area contributed by atoms with Gasteiger partial charge in [0.1, 0.15) is 11.6 Å². The summed E-state index contributed by atoms with van der Waals surface area (Å²) in [7, 11) is 0. The van der Waals surface area contributed by atoms with E-state index in [0.29, 0.717) is 18.1 Å². The standard InChI is InChI=1S/C12H13BrF2O/c1-7-4-5-16-12(7)11(13)9-6-8(14)2-3-10(9)15/h2-3,6-7,11-12H,4-5H2,1H3. The Hall–Kier alpha value is -0.480. The fourth-order valence-electron chi connectivity index (χ4n) is 1.99. The van der Waals surface area contributed by atoms with Crippen LogP contribution in [0.4, 0.5) is 8.78 Å². The van der Waals surface area contributed by atoms with Gasteiger partial charge in [0.2, 0.25) is 0 Å². The van der Waals surface area contributed by atoms with Crippen LogP contribution in [0.25, 0.3) is 0 Å². The third-order valence-electron chi connectivity index (χ3n) is 2.99. The first-order valence-corrected chi connectivity index (χ1v) is 6.22. The smallest absolute Gasteiger partial charge is 0.127 e. The van der Waals surface area contributed by atoms with E-state index < -0.39 is 11.6 Å². The summed E-state index contributed by atoms with van der Waals surface area (Å²) in [4.78, 5) is -0.291. The van der Waals surface area contributed by atoms with Crippen molar-refractivity contribution < 1.29 is 13.5 Å². The van der Waals surface area contributed by atoms with Crippen molar-refractivity contribution in [2.24, 2.45) is 5.92 Å². The third kappa shape index (κ3) is 2.28. The highest BCUT2D eigenvalue weighted by molar-refractivity contribution is 9.09. The van der Waals surface area contributed by atoms with Crippen molar-refractivity contribution in [3.63, 3.8) is 0 Å². The largest absolute Gasteiger partial charge is 0.376 e. The van der Waals surface area contributed by atoms with Crippen LogP contribution >= 0.6 is 15.9 Å². The Labute approximate surface area is 102 Å². The molecule has 2 rings (SSSR count). The molecule has 1 heterocycles. The lowest BCUT2D eigenvalue weighted by Gasteiger charge is -2.21. The predicted octanol–water partition coefficient (Wildman–Crippen LogP) is 3.83. The highest BCUT2D eigenvalue weighted by Gasteiger charge is 2.32. The number of hydrogen-bond donors (Lipinski definition) is 0. The summed E-state index contributed by atoms with van der Waals surface area (Å²) >= 11 is 3.41. The molecule has 0 spiro atoms. The van der Waals surface area contributed by atoms with E-state index >= 15 is 0 Å². The molecule has 0 amide bonds. The van der Waals surface area contributed by atoms with Crippen LogP contribution in [-0.4, -0.2) is 12.7 Å². The quantitative estimate of drug-likeness (QED) is 0.753.